The normalized spacial score (nSPS) is 21.1. The fourth-order valence-electron chi connectivity index (χ4n) is 1.50. The Balaban J connectivity index is 2.67. The Bertz CT molecular complexity index is 290. The van der Waals surface area contributed by atoms with Crippen LogP contribution in [0.15, 0.2) is 0 Å². The summed E-state index contributed by atoms with van der Waals surface area (Å²) in [7, 11) is 0. The summed E-state index contributed by atoms with van der Waals surface area (Å²) in [5.41, 5.74) is 5.12. The molecule has 1 saturated heterocycles. The number of hydrogen-bond acceptors (Lipinski definition) is 4. The zero-order chi connectivity index (χ0) is 11.4. The number of Topliss-reactive ketones (excluding diaryl/α,β-unsaturated/α-hetero) is 2. The van der Waals surface area contributed by atoms with Crippen LogP contribution in [0.25, 0.3) is 0 Å². The van der Waals surface area contributed by atoms with E-state index in [0.717, 1.165) is 0 Å². The van der Waals surface area contributed by atoms with E-state index >= 15 is 0 Å². The Morgan fingerprint density at radius 3 is 2.67 bits per heavy atom. The van der Waals surface area contributed by atoms with Crippen LogP contribution < -0.4 is 5.73 Å². The topological polar surface area (TPSA) is 89.7 Å². The van der Waals surface area contributed by atoms with Crippen LogP contribution in [0.3, 0.4) is 0 Å². The van der Waals surface area contributed by atoms with Gasteiger partial charge in [-0.15, -0.1) is 0 Å². The summed E-state index contributed by atoms with van der Waals surface area (Å²) in [4.78, 5) is 34.6. The highest BCUT2D eigenvalue weighted by Crippen LogP contribution is 2.09. The predicted octanol–water partition coefficient (Wildman–Crippen LogP) is -0.686. The van der Waals surface area contributed by atoms with E-state index in [0.29, 0.717) is 13.2 Å². The molecule has 0 aromatic heterocycles. The molecule has 0 saturated carbocycles. The third kappa shape index (κ3) is 3.02. The molecule has 1 aliphatic heterocycles. The molecule has 1 rings (SSSR count). The Morgan fingerprint density at radius 2 is 2.13 bits per heavy atom. The molecule has 0 aromatic rings. The van der Waals surface area contributed by atoms with E-state index in [-0.39, 0.29) is 24.6 Å². The molecule has 6 heteroatoms. The molecule has 0 aliphatic carbocycles. The van der Waals surface area contributed by atoms with Gasteiger partial charge in [-0.3, -0.25) is 9.59 Å². The van der Waals surface area contributed by atoms with Gasteiger partial charge in [0.1, 0.15) is 11.8 Å². The van der Waals surface area contributed by atoms with Crippen molar-refractivity contribution in [3.05, 3.63) is 0 Å². The van der Waals surface area contributed by atoms with Crippen LogP contribution in [-0.4, -0.2) is 48.3 Å². The SMILES string of the molecule is CC(=O)CC(=O)C1COCCN1C(N)=O. The van der Waals surface area contributed by atoms with Gasteiger partial charge in [-0.25, -0.2) is 4.79 Å². The summed E-state index contributed by atoms with van der Waals surface area (Å²) in [5, 5.41) is 0. The third-order valence-corrected chi connectivity index (χ3v) is 2.21. The summed E-state index contributed by atoms with van der Waals surface area (Å²) in [6, 6.07) is -1.36. The van der Waals surface area contributed by atoms with Crippen LogP contribution in [0.5, 0.6) is 0 Å². The van der Waals surface area contributed by atoms with E-state index in [1.54, 1.807) is 0 Å². The van der Waals surface area contributed by atoms with E-state index in [4.69, 9.17) is 10.5 Å². The lowest BCUT2D eigenvalue weighted by Crippen LogP contribution is -2.54. The number of carbonyl (C=O) groups is 3. The van der Waals surface area contributed by atoms with E-state index < -0.39 is 12.1 Å². The van der Waals surface area contributed by atoms with Crippen molar-refractivity contribution < 1.29 is 19.1 Å². The molecule has 0 aromatic carbocycles. The van der Waals surface area contributed by atoms with Gasteiger partial charge in [-0.2, -0.15) is 0 Å². The number of morpholine rings is 1. The maximum absolute atomic E-state index is 11.6. The lowest BCUT2D eigenvalue weighted by molar-refractivity contribution is -0.132. The Morgan fingerprint density at radius 1 is 1.47 bits per heavy atom. The van der Waals surface area contributed by atoms with Gasteiger partial charge in [0.05, 0.1) is 19.6 Å². The molecule has 6 nitrogen and oxygen atoms in total. The maximum atomic E-state index is 11.6. The van der Waals surface area contributed by atoms with Crippen molar-refractivity contribution in [2.45, 2.75) is 19.4 Å². The Labute approximate surface area is 87.4 Å². The van der Waals surface area contributed by atoms with Gasteiger partial charge in [-0.05, 0) is 6.92 Å². The van der Waals surface area contributed by atoms with Crippen molar-refractivity contribution in [2.24, 2.45) is 5.73 Å². The molecule has 1 atom stereocenters. The number of nitrogens with two attached hydrogens (primary N) is 1. The van der Waals surface area contributed by atoms with Gasteiger partial charge < -0.3 is 15.4 Å². The zero-order valence-electron chi connectivity index (χ0n) is 8.56. The number of ether oxygens (including phenoxy) is 1. The highest BCUT2D eigenvalue weighted by atomic mass is 16.5. The molecule has 1 unspecified atom stereocenters. The quantitative estimate of drug-likeness (QED) is 0.630. The van der Waals surface area contributed by atoms with E-state index in [9.17, 15) is 14.4 Å². The van der Waals surface area contributed by atoms with Crippen LogP contribution in [0.2, 0.25) is 0 Å². The first-order valence-electron chi connectivity index (χ1n) is 4.68. The summed E-state index contributed by atoms with van der Waals surface area (Å²) < 4.78 is 5.08. The van der Waals surface area contributed by atoms with Gasteiger partial charge in [0.2, 0.25) is 0 Å². The molecule has 15 heavy (non-hydrogen) atoms. The summed E-state index contributed by atoms with van der Waals surface area (Å²) in [5.74, 6) is -0.545. The van der Waals surface area contributed by atoms with Crippen LogP contribution in [0.1, 0.15) is 13.3 Å². The average Bonchev–Trinajstić information content (AvgIpc) is 2.16. The highest BCUT2D eigenvalue weighted by Gasteiger charge is 2.31. The molecule has 84 valence electrons. The van der Waals surface area contributed by atoms with E-state index in [1.165, 1.54) is 11.8 Å². The van der Waals surface area contributed by atoms with Crippen LogP contribution >= 0.6 is 0 Å². The maximum Gasteiger partial charge on any atom is 0.315 e. The van der Waals surface area contributed by atoms with Gasteiger partial charge in [0.25, 0.3) is 0 Å². The van der Waals surface area contributed by atoms with Crippen molar-refractivity contribution in [3.63, 3.8) is 0 Å². The lowest BCUT2D eigenvalue weighted by atomic mass is 10.1. The zero-order valence-corrected chi connectivity index (χ0v) is 8.56. The Kier molecular flexibility index (Phi) is 3.79. The van der Waals surface area contributed by atoms with Crippen molar-refractivity contribution in [1.82, 2.24) is 4.90 Å². The fourth-order valence-corrected chi connectivity index (χ4v) is 1.50. The average molecular weight is 214 g/mol. The van der Waals surface area contributed by atoms with Crippen molar-refractivity contribution in [1.29, 1.82) is 0 Å². The number of hydrogen-bond donors (Lipinski definition) is 1. The minimum Gasteiger partial charge on any atom is -0.377 e. The number of urea groups is 1. The molecule has 0 bridgehead atoms. The minimum absolute atomic E-state index is 0.120. The summed E-state index contributed by atoms with van der Waals surface area (Å²) in [6.07, 6.45) is -0.183. The number of carbonyl (C=O) groups excluding carboxylic acids is 3. The predicted molar refractivity (Wildman–Crippen MR) is 51.2 cm³/mol. The van der Waals surface area contributed by atoms with E-state index in [1.807, 2.05) is 0 Å². The molecule has 0 spiro atoms. The molecule has 1 aliphatic rings. The smallest absolute Gasteiger partial charge is 0.315 e. The number of ketones is 2. The number of rotatable bonds is 3. The number of amides is 2. The molecule has 0 radical (unpaired) electrons. The molecular weight excluding hydrogens is 200 g/mol. The van der Waals surface area contributed by atoms with Crippen molar-refractivity contribution >= 4 is 17.6 Å². The van der Waals surface area contributed by atoms with E-state index in [2.05, 4.69) is 0 Å². The summed E-state index contributed by atoms with van der Waals surface area (Å²) >= 11 is 0. The van der Waals surface area contributed by atoms with Gasteiger partial charge in [-0.1, -0.05) is 0 Å². The lowest BCUT2D eigenvalue weighted by Gasteiger charge is -2.33. The second-order valence-corrected chi connectivity index (χ2v) is 3.47. The molecule has 2 N–H and O–H groups in total. The van der Waals surface area contributed by atoms with Crippen LogP contribution in [0.4, 0.5) is 4.79 Å². The van der Waals surface area contributed by atoms with Gasteiger partial charge in [0, 0.05) is 6.54 Å². The first-order valence-corrected chi connectivity index (χ1v) is 4.68. The molecule has 1 fully saturated rings. The van der Waals surface area contributed by atoms with Crippen LogP contribution in [-0.2, 0) is 14.3 Å². The first kappa shape index (κ1) is 11.6. The minimum atomic E-state index is -0.708. The third-order valence-electron chi connectivity index (χ3n) is 2.21. The fraction of sp³-hybridized carbons (Fsp3) is 0.667. The van der Waals surface area contributed by atoms with Crippen molar-refractivity contribution in [2.75, 3.05) is 19.8 Å². The van der Waals surface area contributed by atoms with Crippen molar-refractivity contribution in [3.8, 4) is 0 Å². The molecule has 1 heterocycles. The second kappa shape index (κ2) is 4.88. The second-order valence-electron chi connectivity index (χ2n) is 3.47. The largest absolute Gasteiger partial charge is 0.377 e. The van der Waals surface area contributed by atoms with Gasteiger partial charge in [0.15, 0.2) is 5.78 Å². The Hall–Kier alpha value is -1.43. The monoisotopic (exact) mass is 214 g/mol. The molecule has 2 amide bonds. The first-order chi connectivity index (χ1) is 7.02. The van der Waals surface area contributed by atoms with Gasteiger partial charge >= 0.3 is 6.03 Å². The molecular formula is C9H14N2O4. The standard InChI is InChI=1S/C9H14N2O4/c1-6(12)4-8(13)7-5-15-3-2-11(7)9(10)14/h7H,2-5H2,1H3,(H2,10,14). The number of primary amides is 1. The summed E-state index contributed by atoms with van der Waals surface area (Å²) in [6.45, 7) is 2.11. The number of nitrogens with zero attached hydrogens (tertiary/aromatic N) is 1. The highest BCUT2D eigenvalue weighted by molar-refractivity contribution is 6.01. The van der Waals surface area contributed by atoms with Crippen LogP contribution in [0, 0.1) is 0 Å².